The maximum Gasteiger partial charge on any atom is 0.387 e. The number of hydrogen-bond donors (Lipinski definition) is 1. The van der Waals surface area contributed by atoms with Crippen LogP contribution >= 0.6 is 0 Å². The summed E-state index contributed by atoms with van der Waals surface area (Å²) in [5.41, 5.74) is -0.0332. The van der Waals surface area contributed by atoms with E-state index >= 15 is 0 Å². The Labute approximate surface area is 155 Å². The first-order valence-electron chi connectivity index (χ1n) is 8.24. The van der Waals surface area contributed by atoms with Gasteiger partial charge in [0, 0.05) is 19.6 Å². The van der Waals surface area contributed by atoms with Gasteiger partial charge in [-0.2, -0.15) is 8.78 Å². The lowest BCUT2D eigenvalue weighted by atomic mass is 10.1. The van der Waals surface area contributed by atoms with Crippen molar-refractivity contribution in [2.45, 2.75) is 12.7 Å². The normalized spacial score (nSPS) is 17.3. The molecule has 1 N–H and O–H groups in total. The van der Waals surface area contributed by atoms with Gasteiger partial charge in [-0.1, -0.05) is 6.07 Å². The second kappa shape index (κ2) is 9.47. The number of methoxy groups -OCH3 is 1. The minimum absolute atomic E-state index is 0.0332. The topological polar surface area (TPSA) is 88.5 Å². The fraction of sp³-hybridized carbons (Fsp3) is 0.529. The predicted molar refractivity (Wildman–Crippen MR) is 90.4 cm³/mol. The zero-order valence-corrected chi connectivity index (χ0v) is 15.1. The van der Waals surface area contributed by atoms with Crippen molar-refractivity contribution in [2.75, 3.05) is 46.9 Å². The van der Waals surface area contributed by atoms with Crippen molar-refractivity contribution in [2.24, 2.45) is 0 Å². The molecular weight excluding hydrogens is 366 g/mol. The Morgan fingerprint density at radius 2 is 2.19 bits per heavy atom. The Morgan fingerprint density at radius 1 is 1.44 bits per heavy atom. The molecule has 8 nitrogen and oxygen atoms in total. The van der Waals surface area contributed by atoms with E-state index in [0.717, 1.165) is 0 Å². The number of ether oxygens (including phenoxy) is 3. The Hall–Kier alpha value is -2.46. The van der Waals surface area contributed by atoms with Crippen molar-refractivity contribution >= 4 is 11.9 Å². The number of rotatable bonds is 8. The van der Waals surface area contributed by atoms with Gasteiger partial charge in [-0.3, -0.25) is 14.5 Å². The number of likely N-dealkylation sites (N-methyl/N-ethyl adjacent to an activating group) is 1. The Kier molecular flexibility index (Phi) is 7.31. The van der Waals surface area contributed by atoms with Gasteiger partial charge in [-0.25, -0.2) is 0 Å². The Morgan fingerprint density at radius 3 is 2.81 bits per heavy atom. The van der Waals surface area contributed by atoms with E-state index in [9.17, 15) is 18.4 Å². The number of alkyl halides is 2. The van der Waals surface area contributed by atoms with E-state index in [2.05, 4.69) is 4.74 Å². The van der Waals surface area contributed by atoms with Crippen molar-refractivity contribution in [3.05, 3.63) is 23.8 Å². The molecule has 27 heavy (non-hydrogen) atoms. The maximum atomic E-state index is 12.9. The zero-order chi connectivity index (χ0) is 20.0. The Balaban J connectivity index is 2.13. The lowest BCUT2D eigenvalue weighted by Crippen LogP contribution is -2.49. The molecule has 2 rings (SSSR count). The van der Waals surface area contributed by atoms with Gasteiger partial charge < -0.3 is 24.2 Å². The summed E-state index contributed by atoms with van der Waals surface area (Å²) >= 11 is 0. The third-order valence-corrected chi connectivity index (χ3v) is 3.98. The number of benzene rings is 1. The number of morpholine rings is 1. The van der Waals surface area contributed by atoms with Crippen LogP contribution in [0.5, 0.6) is 11.5 Å². The summed E-state index contributed by atoms with van der Waals surface area (Å²) in [6.07, 6.45) is -0.392. The van der Waals surface area contributed by atoms with Gasteiger partial charge in [0.05, 0.1) is 31.9 Å². The third kappa shape index (κ3) is 5.76. The zero-order valence-electron chi connectivity index (χ0n) is 15.1. The van der Waals surface area contributed by atoms with Crippen LogP contribution in [0.15, 0.2) is 18.2 Å². The van der Waals surface area contributed by atoms with E-state index in [-0.39, 0.29) is 43.3 Å². The van der Waals surface area contributed by atoms with Crippen LogP contribution in [0.25, 0.3) is 0 Å². The number of halogens is 2. The molecule has 1 atom stereocenters. The SMILES string of the molecule is COc1cccc(C(=O)N2CCOC(CN(C)CC(=O)O)C2)c1OC(F)F. The summed E-state index contributed by atoms with van der Waals surface area (Å²) in [5.74, 6) is -1.73. The molecule has 0 saturated carbocycles. The van der Waals surface area contributed by atoms with Gasteiger partial charge in [0.2, 0.25) is 0 Å². The third-order valence-electron chi connectivity index (χ3n) is 3.98. The highest BCUT2D eigenvalue weighted by atomic mass is 19.3. The highest BCUT2D eigenvalue weighted by Gasteiger charge is 2.29. The van der Waals surface area contributed by atoms with E-state index in [1.54, 1.807) is 11.9 Å². The summed E-state index contributed by atoms with van der Waals surface area (Å²) in [5, 5.41) is 8.82. The second-order valence-electron chi connectivity index (χ2n) is 6.05. The van der Waals surface area contributed by atoms with E-state index in [0.29, 0.717) is 6.54 Å². The number of hydrogen-bond acceptors (Lipinski definition) is 6. The average Bonchev–Trinajstić information content (AvgIpc) is 2.60. The smallest absolute Gasteiger partial charge is 0.387 e. The van der Waals surface area contributed by atoms with Crippen LogP contribution in [0, 0.1) is 0 Å². The minimum Gasteiger partial charge on any atom is -0.493 e. The molecule has 1 amide bonds. The van der Waals surface area contributed by atoms with Crippen molar-refractivity contribution in [1.82, 2.24) is 9.80 Å². The minimum atomic E-state index is -3.10. The lowest BCUT2D eigenvalue weighted by Gasteiger charge is -2.35. The van der Waals surface area contributed by atoms with E-state index in [1.165, 1.54) is 30.2 Å². The predicted octanol–water partition coefficient (Wildman–Crippen LogP) is 1.15. The second-order valence-corrected chi connectivity index (χ2v) is 6.05. The van der Waals surface area contributed by atoms with Crippen molar-refractivity contribution < 1.29 is 37.7 Å². The molecule has 0 aliphatic carbocycles. The molecule has 1 fully saturated rings. The number of carboxylic acid groups (broad SMARTS) is 1. The number of carbonyl (C=O) groups is 2. The summed E-state index contributed by atoms with van der Waals surface area (Å²) in [6, 6.07) is 4.34. The largest absolute Gasteiger partial charge is 0.493 e. The van der Waals surface area contributed by atoms with Gasteiger partial charge >= 0.3 is 12.6 Å². The monoisotopic (exact) mass is 388 g/mol. The van der Waals surface area contributed by atoms with Gasteiger partial charge in [0.1, 0.15) is 0 Å². The van der Waals surface area contributed by atoms with Gasteiger partial charge in [0.25, 0.3) is 5.91 Å². The van der Waals surface area contributed by atoms with Gasteiger partial charge in [0.15, 0.2) is 11.5 Å². The molecule has 0 radical (unpaired) electrons. The van der Waals surface area contributed by atoms with Crippen LogP contribution in [-0.2, 0) is 9.53 Å². The fourth-order valence-corrected chi connectivity index (χ4v) is 2.88. The van der Waals surface area contributed by atoms with Gasteiger partial charge in [-0.05, 0) is 19.2 Å². The number of nitrogens with zero attached hydrogens (tertiary/aromatic N) is 2. The number of carbonyl (C=O) groups excluding carboxylic acids is 1. The van der Waals surface area contributed by atoms with Crippen LogP contribution in [0.1, 0.15) is 10.4 Å². The molecule has 1 unspecified atom stereocenters. The van der Waals surface area contributed by atoms with Crippen molar-refractivity contribution in [1.29, 1.82) is 0 Å². The molecule has 150 valence electrons. The highest BCUT2D eigenvalue weighted by molar-refractivity contribution is 5.98. The first-order chi connectivity index (χ1) is 12.8. The molecule has 1 aromatic rings. The molecule has 10 heteroatoms. The molecule has 0 spiro atoms. The Bertz CT molecular complexity index is 673. The molecule has 0 bridgehead atoms. The molecule has 1 saturated heterocycles. The van der Waals surface area contributed by atoms with Crippen LogP contribution < -0.4 is 9.47 Å². The van der Waals surface area contributed by atoms with Crippen LogP contribution in [0.4, 0.5) is 8.78 Å². The molecule has 1 heterocycles. The molecule has 1 aliphatic rings. The first-order valence-corrected chi connectivity index (χ1v) is 8.24. The average molecular weight is 388 g/mol. The number of para-hydroxylation sites is 1. The summed E-state index contributed by atoms with van der Waals surface area (Å²) in [7, 11) is 2.93. The number of carboxylic acids is 1. The highest BCUT2D eigenvalue weighted by Crippen LogP contribution is 2.33. The van der Waals surface area contributed by atoms with Crippen LogP contribution in [0.2, 0.25) is 0 Å². The van der Waals surface area contributed by atoms with Crippen LogP contribution in [0.3, 0.4) is 0 Å². The molecule has 1 aliphatic heterocycles. The molecular formula is C17H22F2N2O6. The molecule has 0 aromatic heterocycles. The van der Waals surface area contributed by atoms with Crippen LogP contribution in [-0.4, -0.2) is 86.4 Å². The lowest BCUT2D eigenvalue weighted by molar-refractivity contribution is -0.138. The standard InChI is InChI=1S/C17H22F2N2O6/c1-20(10-14(22)23)8-11-9-21(6-7-26-11)16(24)12-4-3-5-13(25-2)15(12)27-17(18)19/h3-5,11,17H,6-10H2,1-2H3,(H,22,23). The van der Waals surface area contributed by atoms with E-state index in [1.807, 2.05) is 0 Å². The summed E-state index contributed by atoms with van der Waals surface area (Å²) in [6.45, 7) is -2.20. The first kappa shape index (κ1) is 20.8. The number of aliphatic carboxylic acids is 1. The van der Waals surface area contributed by atoms with Gasteiger partial charge in [-0.15, -0.1) is 0 Å². The molecule has 1 aromatic carbocycles. The fourth-order valence-electron chi connectivity index (χ4n) is 2.88. The quantitative estimate of drug-likeness (QED) is 0.715. The maximum absolute atomic E-state index is 12.9. The van der Waals surface area contributed by atoms with Crippen molar-refractivity contribution in [3.63, 3.8) is 0 Å². The van der Waals surface area contributed by atoms with Crippen molar-refractivity contribution in [3.8, 4) is 11.5 Å². The summed E-state index contributed by atoms with van der Waals surface area (Å²) in [4.78, 5) is 26.7. The number of amides is 1. The van der Waals surface area contributed by atoms with E-state index in [4.69, 9.17) is 14.6 Å². The van der Waals surface area contributed by atoms with E-state index < -0.39 is 24.6 Å². The summed E-state index contributed by atoms with van der Waals surface area (Å²) < 4.78 is 40.6.